The Balaban J connectivity index is 1.95. The molecule has 0 atom stereocenters. The van der Waals surface area contributed by atoms with Gasteiger partial charge in [-0.05, 0) is 44.0 Å². The summed E-state index contributed by atoms with van der Waals surface area (Å²) in [7, 11) is 0. The summed E-state index contributed by atoms with van der Waals surface area (Å²) < 4.78 is 5.39. The molecule has 2 heterocycles. The number of anilines is 1. The number of hydrogen-bond donors (Lipinski definition) is 2. The Hall–Kier alpha value is -2.82. The van der Waals surface area contributed by atoms with Gasteiger partial charge >= 0.3 is 0 Å². The molecule has 3 aromatic rings. The summed E-state index contributed by atoms with van der Waals surface area (Å²) in [5, 5.41) is 3.86. The van der Waals surface area contributed by atoms with Gasteiger partial charge < -0.3 is 14.7 Å². The molecule has 0 spiro atoms. The van der Waals surface area contributed by atoms with Crippen LogP contribution in [0, 0.1) is 13.8 Å². The molecule has 2 aromatic heterocycles. The number of fused-ring (bicyclic) bond motifs is 1. The van der Waals surface area contributed by atoms with Crippen LogP contribution in [0.2, 0.25) is 0 Å². The Kier molecular flexibility index (Phi) is 4.25. The van der Waals surface area contributed by atoms with Gasteiger partial charge in [-0.15, -0.1) is 0 Å². The van der Waals surface area contributed by atoms with Gasteiger partial charge in [0.05, 0.1) is 11.1 Å². The lowest BCUT2D eigenvalue weighted by molar-refractivity contribution is 0.102. The van der Waals surface area contributed by atoms with Crippen LogP contribution in [0.15, 0.2) is 39.5 Å². The van der Waals surface area contributed by atoms with Gasteiger partial charge in [-0.3, -0.25) is 9.59 Å². The molecule has 0 aliphatic heterocycles. The van der Waals surface area contributed by atoms with Crippen molar-refractivity contribution in [2.24, 2.45) is 0 Å². The fraction of sp³-hybridized carbons (Fsp3) is 0.263. The molecule has 0 radical (unpaired) electrons. The van der Waals surface area contributed by atoms with Crippen LogP contribution < -0.4 is 10.9 Å². The number of furan rings is 1. The zero-order valence-corrected chi connectivity index (χ0v) is 14.0. The summed E-state index contributed by atoms with van der Waals surface area (Å²) in [6, 6.07) is 8.92. The van der Waals surface area contributed by atoms with Gasteiger partial charge in [0, 0.05) is 17.1 Å². The molecular weight excluding hydrogens is 304 g/mol. The third-order valence-electron chi connectivity index (χ3n) is 3.99. The fourth-order valence-electron chi connectivity index (χ4n) is 2.94. The number of carbonyl (C=O) groups is 1. The predicted octanol–water partition coefficient (Wildman–Crippen LogP) is 3.94. The molecule has 3 rings (SSSR count). The Bertz CT molecular complexity index is 966. The number of carbonyl (C=O) groups excluding carboxylic acids is 1. The van der Waals surface area contributed by atoms with E-state index in [1.54, 1.807) is 32.0 Å². The smallest absolute Gasteiger partial charge is 0.259 e. The molecule has 0 fully saturated rings. The van der Waals surface area contributed by atoms with E-state index in [9.17, 15) is 9.59 Å². The van der Waals surface area contributed by atoms with E-state index >= 15 is 0 Å². The molecule has 1 aromatic carbocycles. The zero-order chi connectivity index (χ0) is 17.3. The van der Waals surface area contributed by atoms with Gasteiger partial charge in [-0.25, -0.2) is 0 Å². The monoisotopic (exact) mass is 324 g/mol. The van der Waals surface area contributed by atoms with E-state index < -0.39 is 0 Å². The average molecular weight is 324 g/mol. The van der Waals surface area contributed by atoms with Crippen LogP contribution in [0.1, 0.15) is 40.8 Å². The molecule has 5 heteroatoms. The van der Waals surface area contributed by atoms with Crippen LogP contribution in [0.4, 0.5) is 5.69 Å². The molecular formula is C19H20N2O3. The normalized spacial score (nSPS) is 11.0. The number of rotatable bonds is 4. The van der Waals surface area contributed by atoms with Crippen molar-refractivity contribution in [2.45, 2.75) is 33.6 Å². The van der Waals surface area contributed by atoms with Crippen LogP contribution in [-0.2, 0) is 6.42 Å². The number of amides is 1. The lowest BCUT2D eigenvalue weighted by atomic mass is 10.0. The Morgan fingerprint density at radius 1 is 1.21 bits per heavy atom. The Labute approximate surface area is 139 Å². The van der Waals surface area contributed by atoms with E-state index in [-0.39, 0.29) is 11.5 Å². The molecule has 2 N–H and O–H groups in total. The second-order valence-corrected chi connectivity index (χ2v) is 5.95. The number of nitrogens with one attached hydrogen (secondary N) is 2. The first kappa shape index (κ1) is 16.1. The zero-order valence-electron chi connectivity index (χ0n) is 14.0. The fourth-order valence-corrected chi connectivity index (χ4v) is 2.94. The number of aryl methyl sites for hydroxylation is 3. The van der Waals surface area contributed by atoms with E-state index in [0.717, 1.165) is 29.3 Å². The topological polar surface area (TPSA) is 75.1 Å². The summed E-state index contributed by atoms with van der Waals surface area (Å²) >= 11 is 0. The van der Waals surface area contributed by atoms with Crippen LogP contribution in [0.25, 0.3) is 10.9 Å². The van der Waals surface area contributed by atoms with E-state index in [1.807, 2.05) is 12.1 Å². The van der Waals surface area contributed by atoms with E-state index in [2.05, 4.69) is 17.2 Å². The molecule has 1 amide bonds. The maximum Gasteiger partial charge on any atom is 0.259 e. The highest BCUT2D eigenvalue weighted by atomic mass is 16.3. The van der Waals surface area contributed by atoms with E-state index in [0.29, 0.717) is 22.8 Å². The molecule has 0 unspecified atom stereocenters. The van der Waals surface area contributed by atoms with Crippen molar-refractivity contribution in [2.75, 3.05) is 5.32 Å². The van der Waals surface area contributed by atoms with E-state index in [1.165, 1.54) is 0 Å². The minimum Gasteiger partial charge on any atom is -0.466 e. The predicted molar refractivity (Wildman–Crippen MR) is 94.7 cm³/mol. The lowest BCUT2D eigenvalue weighted by Crippen LogP contribution is -2.12. The van der Waals surface area contributed by atoms with E-state index in [4.69, 9.17) is 4.42 Å². The van der Waals surface area contributed by atoms with Crippen molar-refractivity contribution in [1.29, 1.82) is 0 Å². The summed E-state index contributed by atoms with van der Waals surface area (Å²) in [6.45, 7) is 5.65. The molecule has 124 valence electrons. The number of benzene rings is 1. The van der Waals surface area contributed by atoms with Gasteiger partial charge in [-0.1, -0.05) is 19.4 Å². The van der Waals surface area contributed by atoms with Gasteiger partial charge in [0.1, 0.15) is 11.5 Å². The minimum absolute atomic E-state index is 0.129. The van der Waals surface area contributed by atoms with Crippen LogP contribution >= 0.6 is 0 Å². The molecule has 0 aliphatic carbocycles. The number of aromatic amines is 1. The molecule has 0 bridgehead atoms. The Morgan fingerprint density at radius 3 is 2.67 bits per heavy atom. The second kappa shape index (κ2) is 6.35. The number of aromatic nitrogens is 1. The largest absolute Gasteiger partial charge is 0.466 e. The number of pyridine rings is 1. The maximum absolute atomic E-state index is 12.4. The van der Waals surface area contributed by atoms with Crippen molar-refractivity contribution in [1.82, 2.24) is 4.98 Å². The summed E-state index contributed by atoms with van der Waals surface area (Å²) in [4.78, 5) is 27.0. The van der Waals surface area contributed by atoms with Gasteiger partial charge in [0.15, 0.2) is 0 Å². The van der Waals surface area contributed by atoms with Crippen molar-refractivity contribution >= 4 is 22.5 Å². The third-order valence-corrected chi connectivity index (χ3v) is 3.99. The molecule has 0 saturated carbocycles. The highest BCUT2D eigenvalue weighted by Crippen LogP contribution is 2.22. The van der Waals surface area contributed by atoms with Gasteiger partial charge in [0.2, 0.25) is 5.56 Å². The summed E-state index contributed by atoms with van der Waals surface area (Å²) in [6.07, 6.45) is 1.82. The van der Waals surface area contributed by atoms with Crippen molar-refractivity contribution in [3.05, 3.63) is 63.3 Å². The van der Waals surface area contributed by atoms with Gasteiger partial charge in [-0.2, -0.15) is 0 Å². The SMILES string of the molecule is CCCc1cc(=O)[nH]c2cc(NC(=O)c3cc(C)oc3C)ccc12. The first-order valence-corrected chi connectivity index (χ1v) is 8.02. The molecule has 0 saturated heterocycles. The molecule has 5 nitrogen and oxygen atoms in total. The first-order valence-electron chi connectivity index (χ1n) is 8.02. The van der Waals surface area contributed by atoms with Crippen molar-refractivity contribution < 1.29 is 9.21 Å². The van der Waals surface area contributed by atoms with Gasteiger partial charge in [0.25, 0.3) is 5.91 Å². The molecule has 0 aliphatic rings. The lowest BCUT2D eigenvalue weighted by Gasteiger charge is -2.08. The van der Waals surface area contributed by atoms with Crippen LogP contribution in [0.5, 0.6) is 0 Å². The highest BCUT2D eigenvalue weighted by Gasteiger charge is 2.14. The average Bonchev–Trinajstić information content (AvgIpc) is 2.86. The number of H-pyrrole nitrogens is 1. The maximum atomic E-state index is 12.4. The van der Waals surface area contributed by atoms with Crippen LogP contribution in [0.3, 0.4) is 0 Å². The quantitative estimate of drug-likeness (QED) is 0.763. The molecule has 24 heavy (non-hydrogen) atoms. The second-order valence-electron chi connectivity index (χ2n) is 5.95. The third kappa shape index (κ3) is 3.11. The van der Waals surface area contributed by atoms with Crippen LogP contribution in [-0.4, -0.2) is 10.9 Å². The highest BCUT2D eigenvalue weighted by molar-refractivity contribution is 6.05. The summed E-state index contributed by atoms with van der Waals surface area (Å²) in [5.74, 6) is 1.06. The van der Waals surface area contributed by atoms with Crippen molar-refractivity contribution in [3.8, 4) is 0 Å². The standard InChI is InChI=1S/C19H20N2O3/c1-4-5-13-9-18(22)21-17-10-14(6-7-15(13)17)20-19(23)16-8-11(2)24-12(16)3/h6-10H,4-5H2,1-3H3,(H,20,23)(H,21,22). The minimum atomic E-state index is -0.226. The van der Waals surface area contributed by atoms with Crippen molar-refractivity contribution in [3.63, 3.8) is 0 Å². The first-order chi connectivity index (χ1) is 11.5. The Morgan fingerprint density at radius 2 is 2.00 bits per heavy atom. The number of hydrogen-bond acceptors (Lipinski definition) is 3. The summed E-state index contributed by atoms with van der Waals surface area (Å²) in [5.41, 5.74) is 2.77.